The molecular weight excluding hydrogens is 224 g/mol. The van der Waals surface area contributed by atoms with Crippen LogP contribution in [0.15, 0.2) is 30.3 Å². The molecule has 2 aromatic rings. The van der Waals surface area contributed by atoms with Gasteiger partial charge in [0.05, 0.1) is 0 Å². The molecule has 2 aromatic carbocycles. The van der Waals surface area contributed by atoms with Crippen LogP contribution in [0.5, 0.6) is 5.75 Å². The van der Waals surface area contributed by atoms with Crippen molar-refractivity contribution >= 4 is 10.8 Å². The van der Waals surface area contributed by atoms with Crippen LogP contribution < -0.4 is 4.89 Å². The quantitative estimate of drug-likeness (QED) is 0.612. The molecular formula is C16H20O2. The number of fused-ring (bicyclic) bond motifs is 1. The molecule has 0 aliphatic carbocycles. The molecule has 0 saturated heterocycles. The predicted molar refractivity (Wildman–Crippen MR) is 75.4 cm³/mol. The van der Waals surface area contributed by atoms with Crippen LogP contribution in [0.1, 0.15) is 50.7 Å². The minimum absolute atomic E-state index is 0.314. The molecule has 0 aromatic heterocycles. The van der Waals surface area contributed by atoms with Crippen molar-refractivity contribution in [3.05, 3.63) is 41.5 Å². The molecule has 18 heavy (non-hydrogen) atoms. The van der Waals surface area contributed by atoms with E-state index in [-0.39, 0.29) is 0 Å². The summed E-state index contributed by atoms with van der Waals surface area (Å²) in [5.74, 6) is 1.32. The van der Waals surface area contributed by atoms with E-state index < -0.39 is 0 Å². The van der Waals surface area contributed by atoms with Crippen LogP contribution >= 0.6 is 0 Å². The second kappa shape index (κ2) is 4.99. The third-order valence-electron chi connectivity index (χ3n) is 3.36. The van der Waals surface area contributed by atoms with Crippen LogP contribution in [0, 0.1) is 0 Å². The lowest BCUT2D eigenvalue weighted by Crippen LogP contribution is -2.03. The van der Waals surface area contributed by atoms with Gasteiger partial charge in [0.25, 0.3) is 0 Å². The second-order valence-corrected chi connectivity index (χ2v) is 5.33. The third-order valence-corrected chi connectivity index (χ3v) is 3.36. The Balaban J connectivity index is 2.87. The fraction of sp³-hybridized carbons (Fsp3) is 0.375. The average Bonchev–Trinajstić information content (AvgIpc) is 2.35. The van der Waals surface area contributed by atoms with Crippen LogP contribution in [-0.4, -0.2) is 5.26 Å². The number of rotatable bonds is 3. The summed E-state index contributed by atoms with van der Waals surface area (Å²) in [6.07, 6.45) is 0. The summed E-state index contributed by atoms with van der Waals surface area (Å²) in [6.45, 7) is 8.57. The highest BCUT2D eigenvalue weighted by molar-refractivity contribution is 5.91. The zero-order valence-corrected chi connectivity index (χ0v) is 11.4. The maximum Gasteiger partial charge on any atom is 0.176 e. The van der Waals surface area contributed by atoms with Crippen LogP contribution in [0.2, 0.25) is 0 Å². The highest BCUT2D eigenvalue weighted by Crippen LogP contribution is 2.39. The van der Waals surface area contributed by atoms with E-state index in [0.29, 0.717) is 17.6 Å². The van der Waals surface area contributed by atoms with E-state index in [1.165, 1.54) is 5.56 Å². The summed E-state index contributed by atoms with van der Waals surface area (Å²) in [6, 6.07) is 10.2. The minimum atomic E-state index is 0.314. The van der Waals surface area contributed by atoms with E-state index in [9.17, 15) is 5.26 Å². The first-order valence-electron chi connectivity index (χ1n) is 6.43. The van der Waals surface area contributed by atoms with Crippen molar-refractivity contribution in [3.8, 4) is 5.75 Å². The molecule has 0 bridgehead atoms. The Bertz CT molecular complexity index is 556. The lowest BCUT2D eigenvalue weighted by atomic mass is 9.87. The van der Waals surface area contributed by atoms with Crippen molar-refractivity contribution in [2.45, 2.75) is 39.5 Å². The molecule has 96 valence electrons. The van der Waals surface area contributed by atoms with Gasteiger partial charge < -0.3 is 4.89 Å². The molecule has 0 aliphatic rings. The van der Waals surface area contributed by atoms with Crippen molar-refractivity contribution in [2.75, 3.05) is 0 Å². The molecule has 0 aliphatic heterocycles. The van der Waals surface area contributed by atoms with Gasteiger partial charge in [0, 0.05) is 10.9 Å². The molecule has 0 radical (unpaired) electrons. The number of benzene rings is 2. The molecule has 2 nitrogen and oxygen atoms in total. The standard InChI is InChI=1S/C16H20O2/c1-10(2)14-9-12-7-5-6-8-13(12)16(18-17)15(14)11(3)4/h5-11,17H,1-4H3. The fourth-order valence-corrected chi connectivity index (χ4v) is 2.52. The lowest BCUT2D eigenvalue weighted by Gasteiger charge is -2.20. The Kier molecular flexibility index (Phi) is 3.58. The fourth-order valence-electron chi connectivity index (χ4n) is 2.52. The molecule has 0 unspecified atom stereocenters. The third kappa shape index (κ3) is 2.08. The van der Waals surface area contributed by atoms with Gasteiger partial charge >= 0.3 is 0 Å². The summed E-state index contributed by atoms with van der Waals surface area (Å²) >= 11 is 0. The van der Waals surface area contributed by atoms with Crippen molar-refractivity contribution in [1.82, 2.24) is 0 Å². The monoisotopic (exact) mass is 244 g/mol. The van der Waals surface area contributed by atoms with Crippen molar-refractivity contribution in [3.63, 3.8) is 0 Å². The molecule has 2 heteroatoms. The van der Waals surface area contributed by atoms with E-state index in [2.05, 4.69) is 33.8 Å². The molecule has 2 rings (SSSR count). The van der Waals surface area contributed by atoms with Crippen LogP contribution in [0.3, 0.4) is 0 Å². The lowest BCUT2D eigenvalue weighted by molar-refractivity contribution is -0.137. The van der Waals surface area contributed by atoms with E-state index in [1.54, 1.807) is 0 Å². The van der Waals surface area contributed by atoms with E-state index >= 15 is 0 Å². The number of hydrogen-bond donors (Lipinski definition) is 1. The first-order valence-corrected chi connectivity index (χ1v) is 6.43. The predicted octanol–water partition coefficient (Wildman–Crippen LogP) is 4.94. The zero-order chi connectivity index (χ0) is 13.3. The summed E-state index contributed by atoms with van der Waals surface area (Å²) in [7, 11) is 0. The van der Waals surface area contributed by atoms with E-state index in [4.69, 9.17) is 4.89 Å². The first-order chi connectivity index (χ1) is 8.56. The molecule has 0 saturated carbocycles. The Morgan fingerprint density at radius 3 is 2.22 bits per heavy atom. The Labute approximate surface area is 108 Å². The van der Waals surface area contributed by atoms with Gasteiger partial charge in [-0.15, -0.1) is 0 Å². The summed E-state index contributed by atoms with van der Waals surface area (Å²) < 4.78 is 0. The van der Waals surface area contributed by atoms with Gasteiger partial charge in [0.15, 0.2) is 5.75 Å². The maximum absolute atomic E-state index is 9.27. The largest absolute Gasteiger partial charge is 0.339 e. The second-order valence-electron chi connectivity index (χ2n) is 5.33. The summed E-state index contributed by atoms with van der Waals surface area (Å²) in [5, 5.41) is 11.3. The molecule has 1 N–H and O–H groups in total. The SMILES string of the molecule is CC(C)c1cc2ccccc2c(OO)c1C(C)C. The highest BCUT2D eigenvalue weighted by Gasteiger charge is 2.19. The molecule has 0 amide bonds. The molecule has 0 atom stereocenters. The van der Waals surface area contributed by atoms with Gasteiger partial charge in [0.1, 0.15) is 0 Å². The van der Waals surface area contributed by atoms with Gasteiger partial charge in [-0.3, -0.25) is 0 Å². The van der Waals surface area contributed by atoms with Crippen LogP contribution in [0.4, 0.5) is 0 Å². The van der Waals surface area contributed by atoms with Crippen molar-refractivity contribution < 1.29 is 10.1 Å². The van der Waals surface area contributed by atoms with Crippen LogP contribution in [0.25, 0.3) is 10.8 Å². The highest BCUT2D eigenvalue weighted by atomic mass is 17.1. The van der Waals surface area contributed by atoms with Crippen molar-refractivity contribution in [2.24, 2.45) is 0 Å². The zero-order valence-electron chi connectivity index (χ0n) is 11.4. The van der Waals surface area contributed by atoms with Gasteiger partial charge in [0.2, 0.25) is 0 Å². The smallest absolute Gasteiger partial charge is 0.176 e. The number of hydrogen-bond acceptors (Lipinski definition) is 2. The summed E-state index contributed by atoms with van der Waals surface area (Å²) in [4.78, 5) is 4.71. The Morgan fingerprint density at radius 2 is 1.67 bits per heavy atom. The van der Waals surface area contributed by atoms with E-state index in [1.807, 2.05) is 24.3 Å². The van der Waals surface area contributed by atoms with Gasteiger partial charge in [-0.25, -0.2) is 5.26 Å². The van der Waals surface area contributed by atoms with Crippen molar-refractivity contribution in [1.29, 1.82) is 0 Å². The van der Waals surface area contributed by atoms with E-state index in [0.717, 1.165) is 16.3 Å². The minimum Gasteiger partial charge on any atom is -0.339 e. The molecule has 0 fully saturated rings. The maximum atomic E-state index is 9.27. The first kappa shape index (κ1) is 12.9. The topological polar surface area (TPSA) is 29.5 Å². The van der Waals surface area contributed by atoms with Gasteiger partial charge in [-0.2, -0.15) is 0 Å². The van der Waals surface area contributed by atoms with Gasteiger partial charge in [-0.1, -0.05) is 58.0 Å². The Morgan fingerprint density at radius 1 is 1.00 bits per heavy atom. The molecule has 0 spiro atoms. The molecule has 0 heterocycles. The summed E-state index contributed by atoms with van der Waals surface area (Å²) in [5.41, 5.74) is 2.35. The normalized spacial score (nSPS) is 11.5. The van der Waals surface area contributed by atoms with Gasteiger partial charge in [-0.05, 0) is 22.8 Å². The average molecular weight is 244 g/mol. The Hall–Kier alpha value is -1.54. The van der Waals surface area contributed by atoms with Crippen LogP contribution in [-0.2, 0) is 0 Å².